The molecule has 0 saturated carbocycles. The third kappa shape index (κ3) is 6.48. The van der Waals surface area contributed by atoms with Gasteiger partial charge in [-0.1, -0.05) is 22.0 Å². The molecule has 0 aromatic heterocycles. The number of hydrogen-bond donors (Lipinski definition) is 0. The van der Waals surface area contributed by atoms with Crippen LogP contribution in [0.15, 0.2) is 65.7 Å². The van der Waals surface area contributed by atoms with Gasteiger partial charge in [0.2, 0.25) is 0 Å². The van der Waals surface area contributed by atoms with Crippen LogP contribution in [0.2, 0.25) is 0 Å². The van der Waals surface area contributed by atoms with Crippen LogP contribution >= 0.6 is 15.9 Å². The van der Waals surface area contributed by atoms with E-state index in [1.54, 1.807) is 0 Å². The highest BCUT2D eigenvalue weighted by Gasteiger charge is 2.08. The molecule has 0 aliphatic heterocycles. The molecule has 4 heteroatoms. The maximum atomic E-state index is 12.4. The molecule has 2 rings (SSSR count). The fraction of sp³-hybridized carbons (Fsp3) is 0.286. The van der Waals surface area contributed by atoms with Gasteiger partial charge in [-0.25, -0.2) is 0 Å². The standard InChI is InChI=1S/C21H24BrNO2/c1-3-14-23(2)15-4-5-16-25-20-12-8-18(9-13-20)21(24)17-6-10-19(22)11-7-17/h3,6-13H,1,4-5,14-16H2,2H3. The van der Waals surface area contributed by atoms with Gasteiger partial charge in [0.25, 0.3) is 0 Å². The van der Waals surface area contributed by atoms with Gasteiger partial charge in [-0.15, -0.1) is 6.58 Å². The lowest BCUT2D eigenvalue weighted by molar-refractivity contribution is 0.103. The van der Waals surface area contributed by atoms with Gasteiger partial charge in [-0.2, -0.15) is 0 Å². The molecular formula is C21H24BrNO2. The molecule has 132 valence electrons. The summed E-state index contributed by atoms with van der Waals surface area (Å²) in [5.41, 5.74) is 1.35. The van der Waals surface area contributed by atoms with Crippen LogP contribution in [0.25, 0.3) is 0 Å². The first-order valence-electron chi connectivity index (χ1n) is 8.42. The van der Waals surface area contributed by atoms with Gasteiger partial charge in [0.1, 0.15) is 5.75 Å². The summed E-state index contributed by atoms with van der Waals surface area (Å²) >= 11 is 3.38. The number of rotatable bonds is 10. The van der Waals surface area contributed by atoms with Gasteiger partial charge in [-0.3, -0.25) is 4.79 Å². The van der Waals surface area contributed by atoms with Crippen molar-refractivity contribution in [3.63, 3.8) is 0 Å². The van der Waals surface area contributed by atoms with Crippen LogP contribution in [0.1, 0.15) is 28.8 Å². The lowest BCUT2D eigenvalue weighted by Crippen LogP contribution is -2.19. The predicted molar refractivity (Wildman–Crippen MR) is 106 cm³/mol. The summed E-state index contributed by atoms with van der Waals surface area (Å²) in [4.78, 5) is 14.6. The van der Waals surface area contributed by atoms with E-state index in [0.29, 0.717) is 17.7 Å². The Hall–Kier alpha value is -1.91. The molecule has 0 aliphatic carbocycles. The average molecular weight is 402 g/mol. The Morgan fingerprint density at radius 2 is 1.68 bits per heavy atom. The number of halogens is 1. The zero-order chi connectivity index (χ0) is 18.1. The zero-order valence-corrected chi connectivity index (χ0v) is 16.2. The van der Waals surface area contributed by atoms with Crippen LogP contribution in [0.3, 0.4) is 0 Å². The van der Waals surface area contributed by atoms with E-state index in [-0.39, 0.29) is 5.78 Å². The summed E-state index contributed by atoms with van der Waals surface area (Å²) in [6.07, 6.45) is 4.00. The molecule has 0 aliphatic rings. The number of ether oxygens (including phenoxy) is 1. The van der Waals surface area contributed by atoms with Crippen molar-refractivity contribution in [1.82, 2.24) is 4.90 Å². The van der Waals surface area contributed by atoms with Crippen molar-refractivity contribution in [2.45, 2.75) is 12.8 Å². The quantitative estimate of drug-likeness (QED) is 0.320. The Kier molecular flexibility index (Phi) is 7.89. The number of carbonyl (C=O) groups excluding carboxylic acids is 1. The third-order valence-electron chi connectivity index (χ3n) is 3.87. The minimum absolute atomic E-state index is 0.0179. The highest BCUT2D eigenvalue weighted by molar-refractivity contribution is 9.10. The van der Waals surface area contributed by atoms with E-state index < -0.39 is 0 Å². The second kappa shape index (κ2) is 10.2. The Balaban J connectivity index is 1.78. The highest BCUT2D eigenvalue weighted by atomic mass is 79.9. The van der Waals surface area contributed by atoms with E-state index in [2.05, 4.69) is 34.5 Å². The normalized spacial score (nSPS) is 10.7. The second-order valence-corrected chi connectivity index (χ2v) is 6.88. The van der Waals surface area contributed by atoms with Crippen LogP contribution in [0, 0.1) is 0 Å². The maximum absolute atomic E-state index is 12.4. The van der Waals surface area contributed by atoms with Gasteiger partial charge in [0.15, 0.2) is 5.78 Å². The number of carbonyl (C=O) groups is 1. The first-order valence-corrected chi connectivity index (χ1v) is 9.22. The average Bonchev–Trinajstić information content (AvgIpc) is 2.62. The molecule has 0 saturated heterocycles. The van der Waals surface area contributed by atoms with E-state index in [0.717, 1.165) is 36.2 Å². The first kappa shape index (κ1) is 19.4. The number of ketones is 1. The fourth-order valence-corrected chi connectivity index (χ4v) is 2.72. The summed E-state index contributed by atoms with van der Waals surface area (Å²) in [5, 5.41) is 0. The Morgan fingerprint density at radius 1 is 1.08 bits per heavy atom. The molecule has 25 heavy (non-hydrogen) atoms. The molecular weight excluding hydrogens is 378 g/mol. The van der Waals surface area contributed by atoms with E-state index in [1.165, 1.54) is 0 Å². The smallest absolute Gasteiger partial charge is 0.193 e. The molecule has 0 spiro atoms. The number of hydrogen-bond acceptors (Lipinski definition) is 3. The van der Waals surface area contributed by atoms with Crippen molar-refractivity contribution < 1.29 is 9.53 Å². The molecule has 0 bridgehead atoms. The number of unbranched alkanes of at least 4 members (excludes halogenated alkanes) is 1. The molecule has 0 fully saturated rings. The van der Waals surface area contributed by atoms with Crippen LogP contribution in [0.5, 0.6) is 5.75 Å². The zero-order valence-electron chi connectivity index (χ0n) is 14.6. The van der Waals surface area contributed by atoms with Gasteiger partial charge >= 0.3 is 0 Å². The van der Waals surface area contributed by atoms with Crippen LogP contribution in [-0.4, -0.2) is 37.4 Å². The van der Waals surface area contributed by atoms with E-state index >= 15 is 0 Å². The predicted octanol–water partition coefficient (Wildman–Crippen LogP) is 4.96. The lowest BCUT2D eigenvalue weighted by atomic mass is 10.0. The Labute approximate surface area is 158 Å². The summed E-state index contributed by atoms with van der Waals surface area (Å²) in [6, 6.07) is 14.7. The molecule has 3 nitrogen and oxygen atoms in total. The molecule has 0 N–H and O–H groups in total. The van der Waals surface area contributed by atoms with Crippen LogP contribution in [0.4, 0.5) is 0 Å². The van der Waals surface area contributed by atoms with E-state index in [9.17, 15) is 4.79 Å². The fourth-order valence-electron chi connectivity index (χ4n) is 2.46. The van der Waals surface area contributed by atoms with Gasteiger partial charge in [0, 0.05) is 22.1 Å². The van der Waals surface area contributed by atoms with Crippen molar-refractivity contribution in [2.24, 2.45) is 0 Å². The Bertz CT molecular complexity index is 680. The largest absolute Gasteiger partial charge is 0.494 e. The maximum Gasteiger partial charge on any atom is 0.193 e. The lowest BCUT2D eigenvalue weighted by Gasteiger charge is -2.13. The molecule has 0 unspecified atom stereocenters. The summed E-state index contributed by atoms with van der Waals surface area (Å²) in [6.45, 7) is 6.37. The van der Waals surface area contributed by atoms with Crippen molar-refractivity contribution >= 4 is 21.7 Å². The second-order valence-electron chi connectivity index (χ2n) is 5.97. The van der Waals surface area contributed by atoms with Crippen LogP contribution in [-0.2, 0) is 0 Å². The molecule has 2 aromatic rings. The highest BCUT2D eigenvalue weighted by Crippen LogP contribution is 2.17. The first-order chi connectivity index (χ1) is 12.1. The van der Waals surface area contributed by atoms with Crippen molar-refractivity contribution in [3.8, 4) is 5.75 Å². The van der Waals surface area contributed by atoms with E-state index in [1.807, 2.05) is 54.6 Å². The number of benzene rings is 2. The topological polar surface area (TPSA) is 29.5 Å². The van der Waals surface area contributed by atoms with Gasteiger partial charge in [-0.05, 0) is 75.0 Å². The Morgan fingerprint density at radius 3 is 2.28 bits per heavy atom. The third-order valence-corrected chi connectivity index (χ3v) is 4.40. The minimum Gasteiger partial charge on any atom is -0.494 e. The summed E-state index contributed by atoms with van der Waals surface area (Å²) < 4.78 is 6.71. The molecule has 0 heterocycles. The minimum atomic E-state index is 0.0179. The number of nitrogens with zero attached hydrogens (tertiary/aromatic N) is 1. The monoisotopic (exact) mass is 401 g/mol. The van der Waals surface area contributed by atoms with Crippen molar-refractivity contribution in [2.75, 3.05) is 26.7 Å². The van der Waals surface area contributed by atoms with Crippen molar-refractivity contribution in [1.29, 1.82) is 0 Å². The van der Waals surface area contributed by atoms with E-state index in [4.69, 9.17) is 4.74 Å². The summed E-state index contributed by atoms with van der Waals surface area (Å²) in [5.74, 6) is 0.816. The number of likely N-dealkylation sites (N-methyl/N-ethyl adjacent to an activating group) is 1. The van der Waals surface area contributed by atoms with Crippen molar-refractivity contribution in [3.05, 3.63) is 76.8 Å². The molecule has 0 amide bonds. The summed E-state index contributed by atoms with van der Waals surface area (Å²) in [7, 11) is 2.09. The molecule has 0 radical (unpaired) electrons. The van der Waals surface area contributed by atoms with Crippen LogP contribution < -0.4 is 4.74 Å². The van der Waals surface area contributed by atoms with Gasteiger partial charge in [0.05, 0.1) is 6.61 Å². The molecule has 2 aromatic carbocycles. The van der Waals surface area contributed by atoms with Gasteiger partial charge < -0.3 is 9.64 Å². The molecule has 0 atom stereocenters. The SMILES string of the molecule is C=CCN(C)CCCCOc1ccc(C(=O)c2ccc(Br)cc2)cc1.